The monoisotopic (exact) mass is 333 g/mol. The van der Waals surface area contributed by atoms with Gasteiger partial charge in [-0.15, -0.1) is 0 Å². The number of benzene rings is 2. The number of hydrogen-bond acceptors (Lipinski definition) is 5. The van der Waals surface area contributed by atoms with Gasteiger partial charge in [0, 0.05) is 11.6 Å². The molecule has 2 aromatic carbocycles. The van der Waals surface area contributed by atoms with Gasteiger partial charge >= 0.3 is 0 Å². The van der Waals surface area contributed by atoms with Gasteiger partial charge in [0.2, 0.25) is 5.43 Å². The molecular weight excluding hydrogens is 318 g/mol. The number of hydrogen-bond donors (Lipinski definition) is 0. The Morgan fingerprint density at radius 1 is 1.00 bits per heavy atom. The maximum atomic E-state index is 13.1. The van der Waals surface area contributed by atoms with Crippen molar-refractivity contribution < 1.29 is 13.9 Å². The largest absolute Gasteiger partial charge is 0.493 e. The molecule has 0 spiro atoms. The normalized spacial score (nSPS) is 11.0. The second-order valence-corrected chi connectivity index (χ2v) is 5.56. The fraction of sp³-hybridized carbons (Fsp3) is 0.100. The molecule has 0 N–H and O–H groups in total. The number of methoxy groups -OCH3 is 2. The summed E-state index contributed by atoms with van der Waals surface area (Å²) in [5, 5.41) is 2.12. The first kappa shape index (κ1) is 15.2. The number of fused-ring (bicyclic) bond motifs is 3. The minimum Gasteiger partial charge on any atom is -0.493 e. The van der Waals surface area contributed by atoms with Crippen LogP contribution < -0.4 is 14.9 Å². The Hall–Kier alpha value is -3.34. The minimum absolute atomic E-state index is 0.127. The maximum Gasteiger partial charge on any atom is 0.202 e. The second-order valence-electron chi connectivity index (χ2n) is 5.56. The SMILES string of the molecule is COc1cc2ccc3occ(-c4ccccn4)c(=O)c3c2cc1OC. The summed E-state index contributed by atoms with van der Waals surface area (Å²) in [6.45, 7) is 0. The first-order valence-electron chi connectivity index (χ1n) is 7.74. The molecule has 2 aromatic heterocycles. The Morgan fingerprint density at radius 2 is 1.80 bits per heavy atom. The summed E-state index contributed by atoms with van der Waals surface area (Å²) < 4.78 is 16.4. The van der Waals surface area contributed by atoms with Crippen molar-refractivity contribution in [1.82, 2.24) is 4.98 Å². The Bertz CT molecular complexity index is 1130. The lowest BCUT2D eigenvalue weighted by Crippen LogP contribution is -2.06. The van der Waals surface area contributed by atoms with Crippen molar-refractivity contribution in [3.8, 4) is 22.8 Å². The van der Waals surface area contributed by atoms with Crippen LogP contribution in [0, 0.1) is 0 Å². The van der Waals surface area contributed by atoms with Crippen LogP contribution in [0.1, 0.15) is 0 Å². The van der Waals surface area contributed by atoms with Crippen molar-refractivity contribution in [2.75, 3.05) is 14.2 Å². The fourth-order valence-corrected chi connectivity index (χ4v) is 2.97. The van der Waals surface area contributed by atoms with E-state index in [4.69, 9.17) is 13.9 Å². The minimum atomic E-state index is -0.127. The molecule has 5 nitrogen and oxygen atoms in total. The number of rotatable bonds is 3. The van der Waals surface area contributed by atoms with E-state index in [1.807, 2.05) is 18.2 Å². The molecule has 124 valence electrons. The zero-order chi connectivity index (χ0) is 17.4. The summed E-state index contributed by atoms with van der Waals surface area (Å²) in [7, 11) is 3.15. The van der Waals surface area contributed by atoms with Gasteiger partial charge in [0.1, 0.15) is 11.8 Å². The first-order chi connectivity index (χ1) is 12.2. The standard InChI is InChI=1S/C20H15NO4/c1-23-17-9-12-6-7-16-19(13(12)10-18(17)24-2)20(22)14(11-25-16)15-5-3-4-8-21-15/h3-11H,1-2H3. The highest BCUT2D eigenvalue weighted by molar-refractivity contribution is 6.07. The molecular formula is C20H15NO4. The highest BCUT2D eigenvalue weighted by Crippen LogP contribution is 2.35. The summed E-state index contributed by atoms with van der Waals surface area (Å²) in [6.07, 6.45) is 3.11. The van der Waals surface area contributed by atoms with Gasteiger partial charge in [-0.05, 0) is 35.7 Å². The molecule has 2 heterocycles. The topological polar surface area (TPSA) is 61.6 Å². The van der Waals surface area contributed by atoms with Gasteiger partial charge in [-0.2, -0.15) is 0 Å². The summed E-state index contributed by atoms with van der Waals surface area (Å²) in [5.74, 6) is 1.17. The van der Waals surface area contributed by atoms with Crippen LogP contribution >= 0.6 is 0 Å². The zero-order valence-electron chi connectivity index (χ0n) is 13.8. The van der Waals surface area contributed by atoms with Crippen molar-refractivity contribution in [3.63, 3.8) is 0 Å². The molecule has 25 heavy (non-hydrogen) atoms. The second kappa shape index (κ2) is 5.94. The molecule has 0 aliphatic carbocycles. The molecule has 0 amide bonds. The van der Waals surface area contributed by atoms with Crippen LogP contribution in [0.25, 0.3) is 33.0 Å². The lowest BCUT2D eigenvalue weighted by Gasteiger charge is -2.11. The lowest BCUT2D eigenvalue weighted by atomic mass is 10.0. The Labute approximate surface area is 143 Å². The van der Waals surface area contributed by atoms with Crippen molar-refractivity contribution >= 4 is 21.7 Å². The van der Waals surface area contributed by atoms with E-state index in [9.17, 15) is 4.79 Å². The molecule has 5 heteroatoms. The third-order valence-electron chi connectivity index (χ3n) is 4.20. The quantitative estimate of drug-likeness (QED) is 0.530. The van der Waals surface area contributed by atoms with Crippen molar-refractivity contribution in [1.29, 1.82) is 0 Å². The third kappa shape index (κ3) is 2.41. The van der Waals surface area contributed by atoms with E-state index in [0.717, 1.165) is 10.8 Å². The molecule has 0 bridgehead atoms. The first-order valence-corrected chi connectivity index (χ1v) is 7.74. The van der Waals surface area contributed by atoms with Gasteiger partial charge in [0.15, 0.2) is 11.5 Å². The maximum absolute atomic E-state index is 13.1. The Morgan fingerprint density at radius 3 is 2.52 bits per heavy atom. The summed E-state index contributed by atoms with van der Waals surface area (Å²) in [4.78, 5) is 17.4. The summed E-state index contributed by atoms with van der Waals surface area (Å²) >= 11 is 0. The van der Waals surface area contributed by atoms with Crippen LogP contribution in [0.5, 0.6) is 11.5 Å². The molecule has 0 aliphatic heterocycles. The fourth-order valence-electron chi connectivity index (χ4n) is 2.97. The Kier molecular flexibility index (Phi) is 3.61. The number of pyridine rings is 1. The molecule has 0 radical (unpaired) electrons. The van der Waals surface area contributed by atoms with Crippen LogP contribution in [-0.2, 0) is 0 Å². The lowest BCUT2D eigenvalue weighted by molar-refractivity contribution is 0.356. The molecule has 0 unspecified atom stereocenters. The van der Waals surface area contributed by atoms with Gasteiger partial charge in [-0.1, -0.05) is 12.1 Å². The van der Waals surface area contributed by atoms with Crippen LogP contribution in [-0.4, -0.2) is 19.2 Å². The zero-order valence-corrected chi connectivity index (χ0v) is 13.8. The predicted octanol–water partition coefficient (Wildman–Crippen LogP) is 4.03. The van der Waals surface area contributed by atoms with Gasteiger partial charge in [-0.3, -0.25) is 9.78 Å². The summed E-state index contributed by atoms with van der Waals surface area (Å²) in [6, 6.07) is 12.8. The van der Waals surface area contributed by atoms with Crippen LogP contribution in [0.4, 0.5) is 0 Å². The third-order valence-corrected chi connectivity index (χ3v) is 4.20. The molecule has 0 fully saturated rings. The molecule has 0 saturated carbocycles. The highest BCUT2D eigenvalue weighted by Gasteiger charge is 2.15. The molecule has 4 aromatic rings. The van der Waals surface area contributed by atoms with Crippen molar-refractivity contribution in [3.05, 3.63) is 65.1 Å². The average molecular weight is 333 g/mol. The van der Waals surface area contributed by atoms with E-state index >= 15 is 0 Å². The van der Waals surface area contributed by atoms with Gasteiger partial charge in [-0.25, -0.2) is 0 Å². The average Bonchev–Trinajstić information content (AvgIpc) is 2.67. The van der Waals surface area contributed by atoms with E-state index in [2.05, 4.69) is 4.98 Å². The molecule has 0 aliphatic rings. The smallest absolute Gasteiger partial charge is 0.202 e. The number of nitrogens with zero attached hydrogens (tertiary/aromatic N) is 1. The van der Waals surface area contributed by atoms with E-state index in [1.165, 1.54) is 6.26 Å². The number of ether oxygens (including phenoxy) is 2. The van der Waals surface area contributed by atoms with Crippen LogP contribution in [0.3, 0.4) is 0 Å². The van der Waals surface area contributed by atoms with E-state index < -0.39 is 0 Å². The van der Waals surface area contributed by atoms with Gasteiger partial charge < -0.3 is 13.9 Å². The Balaban J connectivity index is 2.11. The summed E-state index contributed by atoms with van der Waals surface area (Å²) in [5.41, 5.74) is 1.40. The van der Waals surface area contributed by atoms with E-state index in [-0.39, 0.29) is 5.43 Å². The van der Waals surface area contributed by atoms with Crippen molar-refractivity contribution in [2.24, 2.45) is 0 Å². The van der Waals surface area contributed by atoms with E-state index in [1.54, 1.807) is 44.7 Å². The van der Waals surface area contributed by atoms with Gasteiger partial charge in [0.05, 0.1) is 30.9 Å². The van der Waals surface area contributed by atoms with Crippen LogP contribution in [0.15, 0.2) is 64.1 Å². The van der Waals surface area contributed by atoms with E-state index in [0.29, 0.717) is 33.7 Å². The predicted molar refractivity (Wildman–Crippen MR) is 96.3 cm³/mol. The highest BCUT2D eigenvalue weighted by atomic mass is 16.5. The number of aromatic nitrogens is 1. The van der Waals surface area contributed by atoms with Crippen molar-refractivity contribution in [2.45, 2.75) is 0 Å². The molecule has 0 atom stereocenters. The molecule has 0 saturated heterocycles. The van der Waals surface area contributed by atoms with Gasteiger partial charge in [0.25, 0.3) is 0 Å². The van der Waals surface area contributed by atoms with Crippen LogP contribution in [0.2, 0.25) is 0 Å². The molecule has 4 rings (SSSR count).